The lowest BCUT2D eigenvalue weighted by Gasteiger charge is -2.34. The zero-order valence-corrected chi connectivity index (χ0v) is 23.1. The molecule has 1 N–H and O–H groups in total. The van der Waals surface area contributed by atoms with Gasteiger partial charge in [-0.2, -0.15) is 0 Å². The summed E-state index contributed by atoms with van der Waals surface area (Å²) in [6.45, 7) is 6.40. The van der Waals surface area contributed by atoms with Crippen molar-refractivity contribution in [1.29, 1.82) is 0 Å². The first-order valence-electron chi connectivity index (χ1n) is 12.4. The fraction of sp³-hybridized carbons (Fsp3) is 0.333. The molecular weight excluding hydrogens is 507 g/mol. The average molecular weight is 542 g/mol. The summed E-state index contributed by atoms with van der Waals surface area (Å²) >= 11 is 12.4. The normalized spacial score (nSPS) is 12.0. The van der Waals surface area contributed by atoms with Gasteiger partial charge >= 0.3 is 0 Å². The van der Waals surface area contributed by atoms with Crippen LogP contribution in [0.1, 0.15) is 44.7 Å². The minimum atomic E-state index is -0.710. The number of nitrogens with zero attached hydrogens (tertiary/aromatic N) is 1. The number of ether oxygens (including phenoxy) is 1. The molecule has 3 aromatic carbocycles. The highest BCUT2D eigenvalue weighted by Gasteiger charge is 2.32. The maximum absolute atomic E-state index is 13.6. The number of nitrogens with one attached hydrogen (secondary N) is 1. The van der Waals surface area contributed by atoms with Crippen molar-refractivity contribution in [2.75, 3.05) is 6.61 Å². The van der Waals surface area contributed by atoms with E-state index >= 15 is 0 Å². The second kappa shape index (κ2) is 13.5. The third-order valence-corrected chi connectivity index (χ3v) is 6.39. The molecular formula is C30H34Cl2N2O3. The molecule has 0 aliphatic heterocycles. The van der Waals surface area contributed by atoms with Crippen molar-refractivity contribution in [3.8, 4) is 5.75 Å². The van der Waals surface area contributed by atoms with Gasteiger partial charge in [0.25, 0.3) is 0 Å². The molecule has 0 bridgehead atoms. The van der Waals surface area contributed by atoms with Crippen molar-refractivity contribution in [2.45, 2.75) is 58.2 Å². The molecule has 1 unspecified atom stereocenters. The Balaban J connectivity index is 1.84. The molecule has 0 saturated heterocycles. The van der Waals surface area contributed by atoms with Gasteiger partial charge in [-0.05, 0) is 62.6 Å². The van der Waals surface area contributed by atoms with E-state index in [1.807, 2.05) is 87.5 Å². The standard InChI is InChI=1S/C30H34Cl2N2O3/c1-30(2,3)33-29(36)27(20-22-11-6-4-7-12-22)34(21-23-16-17-25(31)26(32)19-23)28(35)15-10-18-37-24-13-8-5-9-14-24/h4-9,11-14,16-17,19,27H,10,15,18,20-21H2,1-3H3,(H,33,36). The minimum Gasteiger partial charge on any atom is -0.494 e. The molecule has 0 heterocycles. The molecule has 0 fully saturated rings. The quantitative estimate of drug-likeness (QED) is 0.275. The molecule has 0 radical (unpaired) electrons. The van der Waals surface area contributed by atoms with Gasteiger partial charge in [0.2, 0.25) is 11.8 Å². The summed E-state index contributed by atoms with van der Waals surface area (Å²) in [5.74, 6) is 0.423. The smallest absolute Gasteiger partial charge is 0.243 e. The average Bonchev–Trinajstić information content (AvgIpc) is 2.86. The first-order chi connectivity index (χ1) is 17.6. The lowest BCUT2D eigenvalue weighted by Crippen LogP contribution is -2.54. The van der Waals surface area contributed by atoms with Gasteiger partial charge < -0.3 is 15.0 Å². The largest absolute Gasteiger partial charge is 0.494 e. The zero-order chi connectivity index (χ0) is 26.8. The Morgan fingerprint density at radius 3 is 2.16 bits per heavy atom. The number of amides is 2. The highest BCUT2D eigenvalue weighted by molar-refractivity contribution is 6.42. The van der Waals surface area contributed by atoms with Crippen LogP contribution in [0.2, 0.25) is 10.0 Å². The second-order valence-electron chi connectivity index (χ2n) is 9.98. The van der Waals surface area contributed by atoms with E-state index in [1.165, 1.54) is 0 Å². The van der Waals surface area contributed by atoms with Crippen molar-refractivity contribution in [2.24, 2.45) is 0 Å². The SMILES string of the molecule is CC(C)(C)NC(=O)C(Cc1ccccc1)N(Cc1ccc(Cl)c(Cl)c1)C(=O)CCCOc1ccccc1. The van der Waals surface area contributed by atoms with Crippen LogP contribution in [0, 0.1) is 0 Å². The molecule has 5 nitrogen and oxygen atoms in total. The maximum atomic E-state index is 13.6. The van der Waals surface area contributed by atoms with E-state index in [9.17, 15) is 9.59 Å². The van der Waals surface area contributed by atoms with E-state index in [1.54, 1.807) is 17.0 Å². The molecule has 0 spiro atoms. The Kier molecular flexibility index (Phi) is 10.4. The van der Waals surface area contributed by atoms with Crippen LogP contribution >= 0.6 is 23.2 Å². The van der Waals surface area contributed by atoms with Gasteiger partial charge in [0.05, 0.1) is 16.7 Å². The number of benzene rings is 3. The number of carbonyl (C=O) groups excluding carboxylic acids is 2. The predicted molar refractivity (Wildman–Crippen MR) is 150 cm³/mol. The lowest BCUT2D eigenvalue weighted by atomic mass is 10.00. The topological polar surface area (TPSA) is 58.6 Å². The van der Waals surface area contributed by atoms with E-state index in [0.717, 1.165) is 16.9 Å². The van der Waals surface area contributed by atoms with E-state index in [-0.39, 0.29) is 24.8 Å². The van der Waals surface area contributed by atoms with Crippen molar-refractivity contribution in [3.63, 3.8) is 0 Å². The van der Waals surface area contributed by atoms with Crippen LogP contribution < -0.4 is 10.1 Å². The first kappa shape index (κ1) is 28.5. The van der Waals surface area contributed by atoms with Crippen LogP contribution in [-0.4, -0.2) is 34.9 Å². The summed E-state index contributed by atoms with van der Waals surface area (Å²) in [5, 5.41) is 3.91. The van der Waals surface area contributed by atoms with Gasteiger partial charge in [-0.1, -0.05) is 77.8 Å². The van der Waals surface area contributed by atoms with E-state index < -0.39 is 11.6 Å². The number of rotatable bonds is 11. The van der Waals surface area contributed by atoms with Gasteiger partial charge in [-0.25, -0.2) is 0 Å². The Morgan fingerprint density at radius 2 is 1.54 bits per heavy atom. The molecule has 7 heteroatoms. The van der Waals surface area contributed by atoms with E-state index in [0.29, 0.717) is 29.5 Å². The lowest BCUT2D eigenvalue weighted by molar-refractivity contribution is -0.142. The molecule has 0 aliphatic rings. The second-order valence-corrected chi connectivity index (χ2v) is 10.8. The molecule has 0 aromatic heterocycles. The first-order valence-corrected chi connectivity index (χ1v) is 13.1. The Morgan fingerprint density at radius 1 is 0.892 bits per heavy atom. The Hall–Kier alpha value is -3.02. The fourth-order valence-corrected chi connectivity index (χ4v) is 4.24. The van der Waals surface area contributed by atoms with E-state index in [2.05, 4.69) is 5.32 Å². The molecule has 196 valence electrons. The summed E-state index contributed by atoms with van der Waals surface area (Å²) in [7, 11) is 0. The molecule has 0 saturated carbocycles. The van der Waals surface area contributed by atoms with Crippen LogP contribution in [0.5, 0.6) is 5.75 Å². The van der Waals surface area contributed by atoms with E-state index in [4.69, 9.17) is 27.9 Å². The highest BCUT2D eigenvalue weighted by Crippen LogP contribution is 2.25. The van der Waals surface area contributed by atoms with Crippen LogP contribution in [0.3, 0.4) is 0 Å². The summed E-state index contributed by atoms with van der Waals surface area (Å²) in [6, 6.07) is 23.8. The number of carbonyl (C=O) groups is 2. The predicted octanol–water partition coefficient (Wildman–Crippen LogP) is 6.71. The van der Waals surface area contributed by atoms with Crippen molar-refractivity contribution >= 4 is 35.0 Å². The molecule has 3 rings (SSSR count). The Labute approximate surface area is 229 Å². The number of hydrogen-bond donors (Lipinski definition) is 1. The Bertz CT molecular complexity index is 1160. The molecule has 0 aliphatic carbocycles. The molecule has 37 heavy (non-hydrogen) atoms. The number of para-hydroxylation sites is 1. The summed E-state index contributed by atoms with van der Waals surface area (Å²) in [4.78, 5) is 28.9. The third kappa shape index (κ3) is 9.42. The van der Waals surface area contributed by atoms with Crippen LogP contribution in [-0.2, 0) is 22.6 Å². The summed E-state index contributed by atoms with van der Waals surface area (Å²) < 4.78 is 5.77. The maximum Gasteiger partial charge on any atom is 0.243 e. The number of hydrogen-bond acceptors (Lipinski definition) is 3. The van der Waals surface area contributed by atoms with Gasteiger partial charge in [0, 0.05) is 24.9 Å². The summed E-state index contributed by atoms with van der Waals surface area (Å²) in [6.07, 6.45) is 1.14. The van der Waals surface area contributed by atoms with Gasteiger partial charge in [-0.15, -0.1) is 0 Å². The minimum absolute atomic E-state index is 0.132. The molecule has 2 amide bonds. The van der Waals surface area contributed by atoms with Crippen molar-refractivity contribution in [1.82, 2.24) is 10.2 Å². The van der Waals surface area contributed by atoms with Crippen LogP contribution in [0.25, 0.3) is 0 Å². The summed E-state index contributed by atoms with van der Waals surface area (Å²) in [5.41, 5.74) is 1.31. The monoisotopic (exact) mass is 540 g/mol. The van der Waals surface area contributed by atoms with Gasteiger partial charge in [0.15, 0.2) is 0 Å². The van der Waals surface area contributed by atoms with Crippen molar-refractivity contribution < 1.29 is 14.3 Å². The highest BCUT2D eigenvalue weighted by atomic mass is 35.5. The van der Waals surface area contributed by atoms with Gasteiger partial charge in [0.1, 0.15) is 11.8 Å². The third-order valence-electron chi connectivity index (χ3n) is 5.65. The fourth-order valence-electron chi connectivity index (χ4n) is 3.92. The van der Waals surface area contributed by atoms with Gasteiger partial charge in [-0.3, -0.25) is 9.59 Å². The number of halogens is 2. The van der Waals surface area contributed by atoms with Crippen molar-refractivity contribution in [3.05, 3.63) is 100 Å². The van der Waals surface area contributed by atoms with Crippen LogP contribution in [0.4, 0.5) is 0 Å². The molecule has 1 atom stereocenters. The van der Waals surface area contributed by atoms with Crippen LogP contribution in [0.15, 0.2) is 78.9 Å². The molecule has 3 aromatic rings. The zero-order valence-electron chi connectivity index (χ0n) is 21.5.